The largest absolute Gasteiger partial charge is 0.490 e. The minimum atomic E-state index is -0.867. The van der Waals surface area contributed by atoms with Crippen molar-refractivity contribution in [1.29, 1.82) is 0 Å². The molecule has 3 aromatic carbocycles. The van der Waals surface area contributed by atoms with Gasteiger partial charge in [0.25, 0.3) is 17.7 Å². The number of ether oxygens (including phenoxy) is 2. The molecule has 0 unspecified atom stereocenters. The second-order valence-electron chi connectivity index (χ2n) is 8.83. The molecular weight excluding hydrogens is 602 g/mol. The Bertz CT molecular complexity index is 1540. The molecule has 0 spiro atoms. The number of benzene rings is 3. The third-order valence-electron chi connectivity index (χ3n) is 5.97. The van der Waals surface area contributed by atoms with Gasteiger partial charge in [-0.15, -0.1) is 0 Å². The van der Waals surface area contributed by atoms with Gasteiger partial charge in [-0.05, 0) is 108 Å². The molecule has 1 aliphatic heterocycles. The van der Waals surface area contributed by atoms with E-state index in [0.29, 0.717) is 20.7 Å². The summed E-state index contributed by atoms with van der Waals surface area (Å²) < 4.78 is 11.9. The van der Waals surface area contributed by atoms with Crippen molar-refractivity contribution >= 4 is 68.7 Å². The van der Waals surface area contributed by atoms with E-state index in [1.54, 1.807) is 19.1 Å². The maximum Gasteiger partial charge on any atom is 0.335 e. The van der Waals surface area contributed by atoms with Crippen LogP contribution in [0.4, 0.5) is 16.2 Å². The highest BCUT2D eigenvalue weighted by Gasteiger charge is 2.36. The molecule has 0 bridgehead atoms. The molecule has 4 rings (SSSR count). The van der Waals surface area contributed by atoms with Crippen LogP contribution in [-0.4, -0.2) is 37.0 Å². The van der Waals surface area contributed by atoms with Gasteiger partial charge in [-0.25, -0.2) is 9.69 Å². The van der Waals surface area contributed by atoms with E-state index in [-0.39, 0.29) is 41.9 Å². The zero-order valence-electron chi connectivity index (χ0n) is 21.8. The minimum Gasteiger partial charge on any atom is -0.490 e. The Morgan fingerprint density at radius 3 is 2.42 bits per heavy atom. The number of aryl methyl sites for hydroxylation is 2. The molecule has 1 fully saturated rings. The number of imide groups is 2. The lowest BCUT2D eigenvalue weighted by Crippen LogP contribution is -2.54. The molecule has 2 N–H and O–H groups in total. The first-order valence-corrected chi connectivity index (χ1v) is 13.4. The fourth-order valence-corrected chi connectivity index (χ4v) is 4.58. The van der Waals surface area contributed by atoms with E-state index in [0.717, 1.165) is 16.0 Å². The van der Waals surface area contributed by atoms with Gasteiger partial charge in [-0.3, -0.25) is 19.7 Å². The van der Waals surface area contributed by atoms with Crippen molar-refractivity contribution < 1.29 is 28.7 Å². The van der Waals surface area contributed by atoms with Crippen LogP contribution in [0, 0.1) is 13.8 Å². The summed E-state index contributed by atoms with van der Waals surface area (Å²) in [5.41, 5.74) is 3.24. The molecule has 3 aromatic rings. The topological polar surface area (TPSA) is 114 Å². The van der Waals surface area contributed by atoms with Crippen LogP contribution in [0.15, 0.2) is 64.6 Å². The number of nitrogens with one attached hydrogen (secondary N) is 2. The number of hydrogen-bond acceptors (Lipinski definition) is 6. The van der Waals surface area contributed by atoms with Crippen molar-refractivity contribution in [2.75, 3.05) is 23.4 Å². The molecule has 1 saturated heterocycles. The van der Waals surface area contributed by atoms with Crippen LogP contribution in [0.3, 0.4) is 0 Å². The van der Waals surface area contributed by atoms with Gasteiger partial charge in [0.05, 0.1) is 16.8 Å². The third-order valence-corrected chi connectivity index (χ3v) is 6.81. The quantitative estimate of drug-likeness (QED) is 0.241. The maximum atomic E-state index is 13.2. The Labute approximate surface area is 244 Å². The van der Waals surface area contributed by atoms with Gasteiger partial charge in [0.15, 0.2) is 18.1 Å². The molecule has 0 saturated carbocycles. The van der Waals surface area contributed by atoms with Crippen molar-refractivity contribution in [3.63, 3.8) is 0 Å². The molecule has 206 valence electrons. The molecule has 40 heavy (non-hydrogen) atoms. The lowest BCUT2D eigenvalue weighted by atomic mass is 10.1. The second kappa shape index (κ2) is 12.4. The highest BCUT2D eigenvalue weighted by Crippen LogP contribution is 2.38. The fourth-order valence-electron chi connectivity index (χ4n) is 3.88. The highest BCUT2D eigenvalue weighted by molar-refractivity contribution is 9.10. The average molecular weight is 627 g/mol. The molecule has 5 amide bonds. The number of nitrogens with zero attached hydrogens (tertiary/aromatic N) is 1. The zero-order valence-corrected chi connectivity index (χ0v) is 24.2. The summed E-state index contributed by atoms with van der Waals surface area (Å²) in [6.07, 6.45) is 1.34. The summed E-state index contributed by atoms with van der Waals surface area (Å²) in [4.78, 5) is 51.6. The van der Waals surface area contributed by atoms with Crippen LogP contribution in [0.1, 0.15) is 23.6 Å². The van der Waals surface area contributed by atoms with Gasteiger partial charge in [0.2, 0.25) is 0 Å². The Hall–Kier alpha value is -4.15. The lowest BCUT2D eigenvalue weighted by Gasteiger charge is -2.26. The van der Waals surface area contributed by atoms with E-state index < -0.39 is 17.8 Å². The second-order valence-corrected chi connectivity index (χ2v) is 10.1. The summed E-state index contributed by atoms with van der Waals surface area (Å²) in [6.45, 7) is 5.73. The summed E-state index contributed by atoms with van der Waals surface area (Å²) in [7, 11) is 0. The number of carbonyl (C=O) groups is 4. The number of carbonyl (C=O) groups excluding carboxylic acids is 4. The van der Waals surface area contributed by atoms with Crippen molar-refractivity contribution in [3.05, 3.63) is 86.4 Å². The van der Waals surface area contributed by atoms with Crippen LogP contribution in [0.25, 0.3) is 6.08 Å². The molecule has 1 aliphatic rings. The number of amides is 5. The monoisotopic (exact) mass is 625 g/mol. The normalized spacial score (nSPS) is 14.3. The number of barbiturate groups is 1. The standard InChI is InChI=1S/C29H25BrClN3O6/c1-4-39-24-14-18(12-22-27(36)33-29(38)34(28(22)37)21-9-6-19(31)7-10-21)13-23(30)26(24)40-15-25(35)32-20-8-5-16(2)17(3)11-20/h5-14H,4,15H2,1-3H3,(H,32,35)(H,33,36,38)/b22-12-. The SMILES string of the molecule is CCOc1cc(/C=C2/C(=O)NC(=O)N(c3ccc(Cl)cc3)C2=O)cc(Br)c1OCC(=O)Nc1ccc(C)c(C)c1. The number of rotatable bonds is 8. The molecule has 0 atom stereocenters. The molecule has 0 aromatic heterocycles. The molecule has 1 heterocycles. The number of urea groups is 1. The predicted molar refractivity (Wildman–Crippen MR) is 156 cm³/mol. The summed E-state index contributed by atoms with van der Waals surface area (Å²) in [5, 5.41) is 5.41. The summed E-state index contributed by atoms with van der Waals surface area (Å²) >= 11 is 9.35. The van der Waals surface area contributed by atoms with Gasteiger partial charge >= 0.3 is 6.03 Å². The summed E-state index contributed by atoms with van der Waals surface area (Å²) in [5.74, 6) is -1.43. The fraction of sp³-hybridized carbons (Fsp3) is 0.172. The van der Waals surface area contributed by atoms with Gasteiger partial charge in [0.1, 0.15) is 5.57 Å². The van der Waals surface area contributed by atoms with Crippen LogP contribution in [0.5, 0.6) is 11.5 Å². The maximum absolute atomic E-state index is 13.2. The lowest BCUT2D eigenvalue weighted by molar-refractivity contribution is -0.122. The highest BCUT2D eigenvalue weighted by atomic mass is 79.9. The van der Waals surface area contributed by atoms with Crippen LogP contribution < -0.4 is 25.0 Å². The molecule has 0 aliphatic carbocycles. The van der Waals surface area contributed by atoms with Gasteiger partial charge in [-0.2, -0.15) is 0 Å². The molecule has 11 heteroatoms. The first-order chi connectivity index (χ1) is 19.1. The van der Waals surface area contributed by atoms with Gasteiger partial charge in [0, 0.05) is 10.7 Å². The Kier molecular flexibility index (Phi) is 8.91. The predicted octanol–water partition coefficient (Wildman–Crippen LogP) is 5.80. The third kappa shape index (κ3) is 6.52. The van der Waals surface area contributed by atoms with E-state index in [4.69, 9.17) is 21.1 Å². The number of halogens is 2. The number of anilines is 2. The van der Waals surface area contributed by atoms with Gasteiger partial charge in [-0.1, -0.05) is 17.7 Å². The average Bonchev–Trinajstić information content (AvgIpc) is 2.89. The van der Waals surface area contributed by atoms with E-state index in [1.165, 1.54) is 30.3 Å². The molecule has 9 nitrogen and oxygen atoms in total. The van der Waals surface area contributed by atoms with Crippen molar-refractivity contribution in [2.45, 2.75) is 20.8 Å². The smallest absolute Gasteiger partial charge is 0.335 e. The van der Waals surface area contributed by atoms with E-state index in [2.05, 4.69) is 26.6 Å². The molecular formula is C29H25BrClN3O6. The first kappa shape index (κ1) is 28.8. The minimum absolute atomic E-state index is 0.254. The van der Waals surface area contributed by atoms with Crippen molar-refractivity contribution in [3.8, 4) is 11.5 Å². The van der Waals surface area contributed by atoms with Crippen LogP contribution in [0.2, 0.25) is 5.02 Å². The molecule has 0 radical (unpaired) electrons. The first-order valence-electron chi connectivity index (χ1n) is 12.2. The Balaban J connectivity index is 1.57. The van der Waals surface area contributed by atoms with E-state index >= 15 is 0 Å². The summed E-state index contributed by atoms with van der Waals surface area (Å²) in [6, 6.07) is 14.0. The zero-order chi connectivity index (χ0) is 29.0. The van der Waals surface area contributed by atoms with E-state index in [9.17, 15) is 19.2 Å². The number of hydrogen-bond donors (Lipinski definition) is 2. The Morgan fingerprint density at radius 1 is 1.02 bits per heavy atom. The van der Waals surface area contributed by atoms with Crippen molar-refractivity contribution in [1.82, 2.24) is 5.32 Å². The van der Waals surface area contributed by atoms with Crippen molar-refractivity contribution in [2.24, 2.45) is 0 Å². The van der Waals surface area contributed by atoms with Gasteiger partial charge < -0.3 is 14.8 Å². The van der Waals surface area contributed by atoms with Crippen LogP contribution in [-0.2, 0) is 14.4 Å². The van der Waals surface area contributed by atoms with E-state index in [1.807, 2.05) is 32.0 Å². The Morgan fingerprint density at radius 2 is 1.75 bits per heavy atom. The van der Waals surface area contributed by atoms with Crippen LogP contribution >= 0.6 is 27.5 Å².